The Labute approximate surface area is 68.1 Å². The van der Waals surface area contributed by atoms with Gasteiger partial charge in [0.2, 0.25) is 0 Å². The van der Waals surface area contributed by atoms with Gasteiger partial charge in [-0.15, -0.1) is 0 Å². The number of rotatable bonds is 4. The Balaban J connectivity index is 3.01. The molecule has 0 heterocycles. The highest BCUT2D eigenvalue weighted by Gasteiger charge is 1.92. The van der Waals surface area contributed by atoms with Crippen molar-refractivity contribution in [2.24, 2.45) is 0 Å². The number of aliphatic carboxylic acids is 1. The first-order valence-electron chi connectivity index (χ1n) is 2.74. The number of carboxylic acid groups (broad SMARTS) is 1. The van der Waals surface area contributed by atoms with E-state index in [4.69, 9.17) is 5.11 Å². The van der Waals surface area contributed by atoms with Crippen molar-refractivity contribution in [2.45, 2.75) is 19.3 Å². The predicted molar refractivity (Wildman–Crippen MR) is 44.6 cm³/mol. The molecule has 0 aromatic carbocycles. The zero-order chi connectivity index (χ0) is 7.11. The molecule has 9 heavy (non-hydrogen) atoms. The molecular formula is C6H9IO2. The van der Waals surface area contributed by atoms with Crippen LogP contribution in [0.15, 0.2) is 10.2 Å². The summed E-state index contributed by atoms with van der Waals surface area (Å²) in [6, 6.07) is 0. The third kappa shape index (κ3) is 7.94. The molecule has 0 bridgehead atoms. The number of hydrogen-bond acceptors (Lipinski definition) is 1. The molecule has 0 fully saturated rings. The molecule has 0 aromatic rings. The van der Waals surface area contributed by atoms with E-state index in [0.717, 1.165) is 12.8 Å². The second kappa shape index (κ2) is 6.07. The summed E-state index contributed by atoms with van der Waals surface area (Å²) >= 11 is 2.12. The van der Waals surface area contributed by atoms with Gasteiger partial charge in [-0.05, 0) is 16.9 Å². The van der Waals surface area contributed by atoms with Crippen molar-refractivity contribution in [1.82, 2.24) is 0 Å². The fourth-order valence-corrected chi connectivity index (χ4v) is 0.794. The molecule has 0 radical (unpaired) electrons. The summed E-state index contributed by atoms with van der Waals surface area (Å²) in [4.78, 5) is 9.94. The molecule has 0 atom stereocenters. The SMILES string of the molecule is O=C(O)CCC/C=C\I. The summed E-state index contributed by atoms with van der Waals surface area (Å²) < 4.78 is 1.90. The van der Waals surface area contributed by atoms with E-state index in [1.807, 2.05) is 10.2 Å². The standard InChI is InChI=1S/C6H9IO2/c7-5-3-1-2-4-6(8)9/h3,5H,1-2,4H2,(H,8,9)/b5-3-. The minimum Gasteiger partial charge on any atom is -0.481 e. The van der Waals surface area contributed by atoms with Crippen LogP contribution < -0.4 is 0 Å². The second-order valence-electron chi connectivity index (χ2n) is 1.65. The molecule has 0 spiro atoms. The summed E-state index contributed by atoms with van der Waals surface area (Å²) in [5.74, 6) is -0.711. The maximum absolute atomic E-state index is 9.94. The lowest BCUT2D eigenvalue weighted by Gasteiger charge is -1.87. The monoisotopic (exact) mass is 240 g/mol. The van der Waals surface area contributed by atoms with Crippen LogP contribution in [0.3, 0.4) is 0 Å². The van der Waals surface area contributed by atoms with Crippen molar-refractivity contribution in [2.75, 3.05) is 0 Å². The first-order chi connectivity index (χ1) is 4.27. The van der Waals surface area contributed by atoms with Gasteiger partial charge in [-0.2, -0.15) is 0 Å². The molecule has 0 rings (SSSR count). The van der Waals surface area contributed by atoms with Crippen LogP contribution >= 0.6 is 22.6 Å². The molecule has 0 aromatic heterocycles. The van der Waals surface area contributed by atoms with Gasteiger partial charge in [-0.1, -0.05) is 28.7 Å². The number of unbranched alkanes of at least 4 members (excludes halogenated alkanes) is 1. The van der Waals surface area contributed by atoms with E-state index in [1.54, 1.807) is 0 Å². The molecule has 0 saturated carbocycles. The highest BCUT2D eigenvalue weighted by Crippen LogP contribution is 1.97. The molecular weight excluding hydrogens is 231 g/mol. The van der Waals surface area contributed by atoms with Crippen LogP contribution in [-0.2, 0) is 4.79 Å². The lowest BCUT2D eigenvalue weighted by Crippen LogP contribution is -1.92. The zero-order valence-electron chi connectivity index (χ0n) is 5.01. The Morgan fingerprint density at radius 1 is 1.67 bits per heavy atom. The third-order valence-corrected chi connectivity index (χ3v) is 1.36. The van der Waals surface area contributed by atoms with Crippen molar-refractivity contribution >= 4 is 28.6 Å². The summed E-state index contributed by atoms with van der Waals surface area (Å²) in [6.45, 7) is 0. The van der Waals surface area contributed by atoms with E-state index in [2.05, 4.69) is 22.6 Å². The molecule has 3 heteroatoms. The topological polar surface area (TPSA) is 37.3 Å². The van der Waals surface area contributed by atoms with Gasteiger partial charge < -0.3 is 5.11 Å². The van der Waals surface area contributed by atoms with Crippen LogP contribution in [0, 0.1) is 0 Å². The number of carboxylic acids is 1. The van der Waals surface area contributed by atoms with Gasteiger partial charge >= 0.3 is 5.97 Å². The van der Waals surface area contributed by atoms with Crippen molar-refractivity contribution < 1.29 is 9.90 Å². The van der Waals surface area contributed by atoms with Crippen molar-refractivity contribution in [3.8, 4) is 0 Å². The Bertz CT molecular complexity index is 110. The van der Waals surface area contributed by atoms with E-state index < -0.39 is 5.97 Å². The lowest BCUT2D eigenvalue weighted by molar-refractivity contribution is -0.137. The van der Waals surface area contributed by atoms with Crippen LogP contribution in [0.1, 0.15) is 19.3 Å². The van der Waals surface area contributed by atoms with Gasteiger partial charge in [-0.3, -0.25) is 4.79 Å². The predicted octanol–water partition coefficient (Wildman–Crippen LogP) is 2.19. The Hall–Kier alpha value is -0.0600. The van der Waals surface area contributed by atoms with Crippen LogP contribution in [-0.4, -0.2) is 11.1 Å². The largest absolute Gasteiger partial charge is 0.481 e. The van der Waals surface area contributed by atoms with Crippen LogP contribution in [0.4, 0.5) is 0 Å². The maximum atomic E-state index is 9.94. The number of hydrogen-bond donors (Lipinski definition) is 1. The average molecular weight is 240 g/mol. The number of carbonyl (C=O) groups is 1. The first kappa shape index (κ1) is 8.94. The van der Waals surface area contributed by atoms with Crippen molar-refractivity contribution in [3.05, 3.63) is 10.2 Å². The van der Waals surface area contributed by atoms with E-state index >= 15 is 0 Å². The molecule has 52 valence electrons. The molecule has 0 saturated heterocycles. The van der Waals surface area contributed by atoms with Crippen molar-refractivity contribution in [1.29, 1.82) is 0 Å². The molecule has 0 amide bonds. The van der Waals surface area contributed by atoms with Gasteiger partial charge in [0.05, 0.1) is 0 Å². The van der Waals surface area contributed by atoms with Crippen LogP contribution in [0.25, 0.3) is 0 Å². The lowest BCUT2D eigenvalue weighted by atomic mass is 10.2. The smallest absolute Gasteiger partial charge is 0.303 e. The summed E-state index contributed by atoms with van der Waals surface area (Å²) in [7, 11) is 0. The quantitative estimate of drug-likeness (QED) is 0.604. The van der Waals surface area contributed by atoms with Crippen LogP contribution in [0.5, 0.6) is 0 Å². The molecule has 0 aliphatic heterocycles. The molecule has 0 aliphatic rings. The minimum atomic E-state index is -0.711. The fraction of sp³-hybridized carbons (Fsp3) is 0.500. The Morgan fingerprint density at radius 3 is 2.78 bits per heavy atom. The maximum Gasteiger partial charge on any atom is 0.303 e. The van der Waals surface area contributed by atoms with Gasteiger partial charge in [0.25, 0.3) is 0 Å². The molecule has 2 nitrogen and oxygen atoms in total. The third-order valence-electron chi connectivity index (χ3n) is 0.851. The normalized spacial score (nSPS) is 10.3. The highest BCUT2D eigenvalue weighted by atomic mass is 127. The van der Waals surface area contributed by atoms with Gasteiger partial charge in [0, 0.05) is 6.42 Å². The average Bonchev–Trinajstić information content (AvgIpc) is 1.80. The van der Waals surface area contributed by atoms with E-state index in [1.165, 1.54) is 0 Å². The summed E-state index contributed by atoms with van der Waals surface area (Å²) in [5.41, 5.74) is 0. The van der Waals surface area contributed by atoms with E-state index in [9.17, 15) is 4.79 Å². The molecule has 0 aliphatic carbocycles. The van der Waals surface area contributed by atoms with Crippen molar-refractivity contribution in [3.63, 3.8) is 0 Å². The van der Waals surface area contributed by atoms with Gasteiger partial charge in [0.1, 0.15) is 0 Å². The zero-order valence-corrected chi connectivity index (χ0v) is 7.17. The summed E-state index contributed by atoms with van der Waals surface area (Å²) in [5, 5.41) is 8.19. The summed E-state index contributed by atoms with van der Waals surface area (Å²) in [6.07, 6.45) is 3.86. The van der Waals surface area contributed by atoms with E-state index in [0.29, 0.717) is 0 Å². The first-order valence-corrected chi connectivity index (χ1v) is 3.99. The minimum absolute atomic E-state index is 0.279. The Morgan fingerprint density at radius 2 is 2.33 bits per heavy atom. The number of allylic oxidation sites excluding steroid dienone is 1. The fourth-order valence-electron chi connectivity index (χ4n) is 0.434. The molecule has 1 N–H and O–H groups in total. The highest BCUT2D eigenvalue weighted by molar-refractivity contribution is 14.1. The van der Waals surface area contributed by atoms with Crippen LogP contribution in [0.2, 0.25) is 0 Å². The van der Waals surface area contributed by atoms with Gasteiger partial charge in [0.15, 0.2) is 0 Å². The number of halogens is 1. The molecule has 0 unspecified atom stereocenters. The van der Waals surface area contributed by atoms with Gasteiger partial charge in [-0.25, -0.2) is 0 Å². The van der Waals surface area contributed by atoms with E-state index in [-0.39, 0.29) is 6.42 Å². The second-order valence-corrected chi connectivity index (χ2v) is 2.37. The Kier molecular flexibility index (Phi) is 6.03.